The molecule has 5 nitrogen and oxygen atoms in total. The van der Waals surface area contributed by atoms with Crippen molar-refractivity contribution in [1.82, 2.24) is 4.90 Å². The lowest BCUT2D eigenvalue weighted by molar-refractivity contribution is -0.115. The van der Waals surface area contributed by atoms with Crippen LogP contribution in [0.3, 0.4) is 0 Å². The number of ether oxygens (including phenoxy) is 1. The summed E-state index contributed by atoms with van der Waals surface area (Å²) in [6, 6.07) is 13.5. The lowest BCUT2D eigenvalue weighted by atomic mass is 9.97. The van der Waals surface area contributed by atoms with Crippen LogP contribution in [0.1, 0.15) is 47.2 Å². The van der Waals surface area contributed by atoms with Gasteiger partial charge in [0.2, 0.25) is 5.91 Å². The van der Waals surface area contributed by atoms with Gasteiger partial charge >= 0.3 is 0 Å². The molecule has 1 unspecified atom stereocenters. The van der Waals surface area contributed by atoms with Crippen LogP contribution >= 0.6 is 0 Å². The van der Waals surface area contributed by atoms with Crippen LogP contribution < -0.4 is 10.1 Å². The van der Waals surface area contributed by atoms with E-state index in [1.807, 2.05) is 36.1 Å². The van der Waals surface area contributed by atoms with Gasteiger partial charge in [0.1, 0.15) is 5.75 Å². The Morgan fingerprint density at radius 1 is 1.18 bits per heavy atom. The molecule has 1 fully saturated rings. The molecule has 2 aliphatic rings. The fraction of sp³-hybridized carbons (Fsp3) is 0.391. The molecule has 1 saturated heterocycles. The Labute approximate surface area is 165 Å². The maximum atomic E-state index is 13.1. The predicted molar refractivity (Wildman–Crippen MR) is 109 cm³/mol. The minimum Gasteiger partial charge on any atom is -0.493 e. The Morgan fingerprint density at radius 2 is 2.07 bits per heavy atom. The monoisotopic (exact) mass is 378 g/mol. The quantitative estimate of drug-likeness (QED) is 0.880. The van der Waals surface area contributed by atoms with Crippen LogP contribution in [0.5, 0.6) is 5.75 Å². The third-order valence-corrected chi connectivity index (χ3v) is 5.54. The molecule has 0 saturated carbocycles. The first-order chi connectivity index (χ1) is 13.6. The van der Waals surface area contributed by atoms with E-state index in [1.165, 1.54) is 0 Å². The first-order valence-corrected chi connectivity index (χ1v) is 10.0. The normalized spacial score (nSPS) is 19.0. The summed E-state index contributed by atoms with van der Waals surface area (Å²) in [5, 5.41) is 2.92. The zero-order valence-electron chi connectivity index (χ0n) is 16.2. The van der Waals surface area contributed by atoms with Crippen molar-refractivity contribution in [3.05, 3.63) is 59.2 Å². The van der Waals surface area contributed by atoms with E-state index in [9.17, 15) is 9.59 Å². The third kappa shape index (κ3) is 4.03. The number of anilines is 1. The van der Waals surface area contributed by atoms with Crippen molar-refractivity contribution in [3.63, 3.8) is 0 Å². The van der Waals surface area contributed by atoms with Crippen LogP contribution in [0.2, 0.25) is 0 Å². The zero-order chi connectivity index (χ0) is 19.5. The summed E-state index contributed by atoms with van der Waals surface area (Å²) in [6.45, 7) is 3.42. The number of nitrogens with one attached hydrogen (secondary N) is 1. The lowest BCUT2D eigenvalue weighted by Crippen LogP contribution is -2.45. The Hall–Kier alpha value is -2.82. The largest absolute Gasteiger partial charge is 0.493 e. The molecule has 0 radical (unpaired) electrons. The smallest absolute Gasteiger partial charge is 0.257 e. The lowest BCUT2D eigenvalue weighted by Gasteiger charge is -2.37. The number of aryl methyl sites for hydroxylation is 1. The SMILES string of the molecule is Cc1cccc(CC(=O)Nc2ccc3c(c2)C(=O)N2CCCCC2CCO3)c1. The maximum Gasteiger partial charge on any atom is 0.257 e. The number of nitrogens with zero attached hydrogens (tertiary/aromatic N) is 1. The highest BCUT2D eigenvalue weighted by molar-refractivity contribution is 6.00. The van der Waals surface area contributed by atoms with E-state index < -0.39 is 0 Å². The van der Waals surface area contributed by atoms with Crippen molar-refractivity contribution >= 4 is 17.5 Å². The second-order valence-corrected chi connectivity index (χ2v) is 7.71. The van der Waals surface area contributed by atoms with E-state index in [-0.39, 0.29) is 17.9 Å². The molecular weight excluding hydrogens is 352 g/mol. The van der Waals surface area contributed by atoms with Crippen LogP contribution in [-0.2, 0) is 11.2 Å². The van der Waals surface area contributed by atoms with E-state index in [1.54, 1.807) is 18.2 Å². The summed E-state index contributed by atoms with van der Waals surface area (Å²) in [5.74, 6) is 0.514. The molecule has 0 spiro atoms. The minimum absolute atomic E-state index is 0.00850. The molecule has 2 aromatic carbocycles. The van der Waals surface area contributed by atoms with E-state index in [4.69, 9.17) is 4.74 Å². The van der Waals surface area contributed by atoms with E-state index in [0.29, 0.717) is 30.0 Å². The summed E-state index contributed by atoms with van der Waals surface area (Å²) in [7, 11) is 0. The highest BCUT2D eigenvalue weighted by Crippen LogP contribution is 2.31. The van der Waals surface area contributed by atoms with Gasteiger partial charge in [0.15, 0.2) is 0 Å². The van der Waals surface area contributed by atoms with Gasteiger partial charge in [0.25, 0.3) is 5.91 Å². The highest BCUT2D eigenvalue weighted by atomic mass is 16.5. The summed E-state index contributed by atoms with van der Waals surface area (Å²) < 4.78 is 5.86. The first kappa shape index (κ1) is 18.5. The van der Waals surface area contributed by atoms with Gasteiger partial charge in [-0.2, -0.15) is 0 Å². The van der Waals surface area contributed by atoms with Gasteiger partial charge in [-0.25, -0.2) is 0 Å². The van der Waals surface area contributed by atoms with Crippen molar-refractivity contribution in [2.45, 2.75) is 45.1 Å². The van der Waals surface area contributed by atoms with Gasteiger partial charge < -0.3 is 15.0 Å². The number of amides is 2. The molecule has 1 atom stereocenters. The van der Waals surface area contributed by atoms with Crippen molar-refractivity contribution in [1.29, 1.82) is 0 Å². The summed E-state index contributed by atoms with van der Waals surface area (Å²) in [5.41, 5.74) is 3.27. The second-order valence-electron chi connectivity index (χ2n) is 7.71. The molecule has 4 rings (SSSR count). The van der Waals surface area contributed by atoms with Gasteiger partial charge in [-0.05, 0) is 49.9 Å². The number of rotatable bonds is 3. The standard InChI is InChI=1S/C23H26N2O3/c1-16-5-4-6-17(13-16)14-22(26)24-18-8-9-21-20(15-18)23(27)25-11-3-2-7-19(25)10-12-28-21/h4-6,8-9,13,15,19H,2-3,7,10-12,14H2,1H3,(H,24,26). The van der Waals surface area contributed by atoms with E-state index >= 15 is 0 Å². The number of hydrogen-bond acceptors (Lipinski definition) is 3. The van der Waals surface area contributed by atoms with Gasteiger partial charge in [0.05, 0.1) is 18.6 Å². The molecule has 1 N–H and O–H groups in total. The summed E-state index contributed by atoms with van der Waals surface area (Å²) in [4.78, 5) is 27.6. The number of piperidine rings is 1. The molecule has 0 aromatic heterocycles. The molecule has 2 heterocycles. The topological polar surface area (TPSA) is 58.6 Å². The Kier molecular flexibility index (Phi) is 5.33. The number of hydrogen-bond donors (Lipinski definition) is 1. The number of carbonyl (C=O) groups excluding carboxylic acids is 2. The summed E-state index contributed by atoms with van der Waals surface area (Å²) in [6.07, 6.45) is 4.43. The number of fused-ring (bicyclic) bond motifs is 2. The maximum absolute atomic E-state index is 13.1. The van der Waals surface area contributed by atoms with Crippen LogP contribution in [0.25, 0.3) is 0 Å². The van der Waals surface area contributed by atoms with Gasteiger partial charge in [-0.3, -0.25) is 9.59 Å². The van der Waals surface area contributed by atoms with Crippen molar-refractivity contribution in [2.75, 3.05) is 18.5 Å². The van der Waals surface area contributed by atoms with Crippen LogP contribution in [-0.4, -0.2) is 35.9 Å². The van der Waals surface area contributed by atoms with Crippen LogP contribution in [0.4, 0.5) is 5.69 Å². The third-order valence-electron chi connectivity index (χ3n) is 5.54. The van der Waals surface area contributed by atoms with E-state index in [0.717, 1.165) is 43.4 Å². The Bertz CT molecular complexity index is 893. The van der Waals surface area contributed by atoms with Crippen molar-refractivity contribution in [2.24, 2.45) is 0 Å². The minimum atomic E-state index is -0.0967. The molecule has 2 amide bonds. The van der Waals surface area contributed by atoms with Crippen LogP contribution in [0, 0.1) is 6.92 Å². The zero-order valence-corrected chi connectivity index (χ0v) is 16.2. The average Bonchev–Trinajstić information content (AvgIpc) is 2.67. The molecule has 0 aliphatic carbocycles. The fourth-order valence-electron chi connectivity index (χ4n) is 4.14. The molecule has 2 aliphatic heterocycles. The van der Waals surface area contributed by atoms with Crippen molar-refractivity contribution < 1.29 is 14.3 Å². The molecule has 0 bridgehead atoms. The van der Waals surface area contributed by atoms with Gasteiger partial charge in [0, 0.05) is 24.7 Å². The Balaban J connectivity index is 1.52. The van der Waals surface area contributed by atoms with Crippen molar-refractivity contribution in [3.8, 4) is 5.75 Å². The molecule has 5 heteroatoms. The fourth-order valence-corrected chi connectivity index (χ4v) is 4.14. The number of carbonyl (C=O) groups is 2. The molecule has 146 valence electrons. The number of benzene rings is 2. The van der Waals surface area contributed by atoms with Gasteiger partial charge in [-0.1, -0.05) is 29.8 Å². The van der Waals surface area contributed by atoms with E-state index in [2.05, 4.69) is 5.32 Å². The predicted octanol–water partition coefficient (Wildman–Crippen LogP) is 3.95. The highest BCUT2D eigenvalue weighted by Gasteiger charge is 2.31. The second kappa shape index (κ2) is 8.05. The Morgan fingerprint density at radius 3 is 2.93 bits per heavy atom. The summed E-state index contributed by atoms with van der Waals surface area (Å²) >= 11 is 0. The van der Waals surface area contributed by atoms with Gasteiger partial charge in [-0.15, -0.1) is 0 Å². The molecule has 2 aromatic rings. The average molecular weight is 378 g/mol. The molecular formula is C23H26N2O3. The first-order valence-electron chi connectivity index (χ1n) is 10.0. The van der Waals surface area contributed by atoms with Crippen LogP contribution in [0.15, 0.2) is 42.5 Å². The molecule has 28 heavy (non-hydrogen) atoms.